The van der Waals surface area contributed by atoms with Crippen LogP contribution < -0.4 is 5.32 Å². The Balaban J connectivity index is 1.40. The Hall–Kier alpha value is -1.82. The van der Waals surface area contributed by atoms with Gasteiger partial charge in [-0.2, -0.15) is 0 Å². The molecule has 0 unspecified atom stereocenters. The Labute approximate surface area is 147 Å². The minimum atomic E-state index is 0.0289. The average Bonchev–Trinajstić information content (AvgIpc) is 3.27. The van der Waals surface area contributed by atoms with Crippen LogP contribution in [0.15, 0.2) is 35.5 Å². The fraction of sp³-hybridized carbons (Fsp3) is 0.500. The predicted molar refractivity (Wildman–Crippen MR) is 95.9 cm³/mol. The van der Waals surface area contributed by atoms with E-state index in [9.17, 15) is 4.79 Å². The molecule has 0 radical (unpaired) electrons. The first-order valence-corrected chi connectivity index (χ1v) is 9.60. The Morgan fingerprint density at radius 3 is 2.83 bits per heavy atom. The van der Waals surface area contributed by atoms with Crippen LogP contribution in [0.3, 0.4) is 0 Å². The normalized spacial score (nSPS) is 16.2. The van der Waals surface area contributed by atoms with E-state index in [4.69, 9.17) is 0 Å². The summed E-state index contributed by atoms with van der Waals surface area (Å²) in [6, 6.07) is 10.0. The molecule has 24 heavy (non-hydrogen) atoms. The molecule has 1 aromatic carbocycles. The first-order valence-electron chi connectivity index (χ1n) is 8.62. The van der Waals surface area contributed by atoms with E-state index in [2.05, 4.69) is 20.5 Å². The van der Waals surface area contributed by atoms with E-state index in [1.807, 2.05) is 37.3 Å². The van der Waals surface area contributed by atoms with Crippen molar-refractivity contribution in [1.29, 1.82) is 0 Å². The molecule has 0 saturated heterocycles. The third kappa shape index (κ3) is 4.60. The van der Waals surface area contributed by atoms with Gasteiger partial charge in [-0.3, -0.25) is 9.89 Å². The topological polar surface area (TPSA) is 70.7 Å². The smallest absolute Gasteiger partial charge is 0.221 e. The highest BCUT2D eigenvalue weighted by atomic mass is 32.2. The van der Waals surface area contributed by atoms with E-state index in [0.717, 1.165) is 16.5 Å². The van der Waals surface area contributed by atoms with Gasteiger partial charge in [-0.25, -0.2) is 4.98 Å². The van der Waals surface area contributed by atoms with Gasteiger partial charge < -0.3 is 5.32 Å². The first kappa shape index (κ1) is 17.0. The summed E-state index contributed by atoms with van der Waals surface area (Å²) in [6.07, 6.45) is 5.45. The van der Waals surface area contributed by atoms with Gasteiger partial charge in [-0.05, 0) is 25.3 Å². The summed E-state index contributed by atoms with van der Waals surface area (Å²) >= 11 is 1.54. The van der Waals surface area contributed by atoms with Crippen molar-refractivity contribution in [3.05, 3.63) is 41.7 Å². The van der Waals surface area contributed by atoms with E-state index in [1.54, 1.807) is 0 Å². The number of carbonyl (C=O) groups is 1. The fourth-order valence-corrected chi connectivity index (χ4v) is 3.82. The minimum absolute atomic E-state index is 0.0289. The van der Waals surface area contributed by atoms with Gasteiger partial charge in [0.15, 0.2) is 0 Å². The Kier molecular flexibility index (Phi) is 5.91. The van der Waals surface area contributed by atoms with Gasteiger partial charge in [0.2, 0.25) is 11.1 Å². The number of rotatable bonds is 7. The van der Waals surface area contributed by atoms with Crippen molar-refractivity contribution in [1.82, 2.24) is 20.5 Å². The molecule has 128 valence electrons. The molecule has 2 N–H and O–H groups in total. The molecule has 3 rings (SSSR count). The highest BCUT2D eigenvalue weighted by Crippen LogP contribution is 2.32. The van der Waals surface area contributed by atoms with E-state index in [1.165, 1.54) is 37.4 Å². The quantitative estimate of drug-likeness (QED) is 0.749. The average molecular weight is 344 g/mol. The number of nitrogens with zero attached hydrogens (tertiary/aromatic N) is 2. The standard InChI is InChI=1S/C18H24N4OS/c1-13(14-7-3-2-4-8-14)19-16(23)11-12-24-18-20-17(21-22-18)15-9-5-6-10-15/h2-4,7-8,13,15H,5-6,9-12H2,1H3,(H,19,23)(H,20,21,22)/t13-/m0/s1. The number of hydrogen-bond donors (Lipinski definition) is 2. The predicted octanol–water partition coefficient (Wildman–Crippen LogP) is 3.82. The zero-order valence-corrected chi connectivity index (χ0v) is 14.8. The van der Waals surface area contributed by atoms with Gasteiger partial charge in [0.25, 0.3) is 0 Å². The molecule has 0 aliphatic heterocycles. The van der Waals surface area contributed by atoms with Crippen LogP contribution in [0.2, 0.25) is 0 Å². The van der Waals surface area contributed by atoms with Gasteiger partial charge >= 0.3 is 0 Å². The second kappa shape index (κ2) is 8.33. The molecule has 1 saturated carbocycles. The lowest BCUT2D eigenvalue weighted by Crippen LogP contribution is -2.26. The van der Waals surface area contributed by atoms with Gasteiger partial charge in [0.05, 0.1) is 6.04 Å². The maximum absolute atomic E-state index is 12.1. The van der Waals surface area contributed by atoms with Gasteiger partial charge in [0.1, 0.15) is 5.82 Å². The molecule has 1 atom stereocenters. The van der Waals surface area contributed by atoms with Crippen LogP contribution in [-0.4, -0.2) is 26.8 Å². The van der Waals surface area contributed by atoms with E-state index in [-0.39, 0.29) is 11.9 Å². The molecule has 6 heteroatoms. The van der Waals surface area contributed by atoms with Crippen LogP contribution in [0, 0.1) is 0 Å². The van der Waals surface area contributed by atoms with E-state index >= 15 is 0 Å². The molecule has 0 spiro atoms. The summed E-state index contributed by atoms with van der Waals surface area (Å²) in [7, 11) is 0. The number of aromatic nitrogens is 3. The van der Waals surface area contributed by atoms with Crippen LogP contribution in [0.25, 0.3) is 0 Å². The number of carbonyl (C=O) groups excluding carboxylic acids is 1. The van der Waals surface area contributed by atoms with Crippen molar-refractivity contribution in [2.24, 2.45) is 0 Å². The van der Waals surface area contributed by atoms with Crippen molar-refractivity contribution in [2.75, 3.05) is 5.75 Å². The molecule has 1 fully saturated rings. The Bertz CT molecular complexity index is 652. The number of hydrogen-bond acceptors (Lipinski definition) is 4. The second-order valence-electron chi connectivity index (χ2n) is 6.28. The second-order valence-corrected chi connectivity index (χ2v) is 7.35. The third-order valence-electron chi connectivity index (χ3n) is 4.46. The number of benzene rings is 1. The number of thioether (sulfide) groups is 1. The lowest BCUT2D eigenvalue weighted by atomic mass is 10.1. The lowest BCUT2D eigenvalue weighted by Gasteiger charge is -2.13. The van der Waals surface area contributed by atoms with Gasteiger partial charge in [0, 0.05) is 18.1 Å². The molecular formula is C18H24N4OS. The van der Waals surface area contributed by atoms with Gasteiger partial charge in [-0.1, -0.05) is 54.9 Å². The van der Waals surface area contributed by atoms with E-state index in [0.29, 0.717) is 18.1 Å². The van der Waals surface area contributed by atoms with Crippen LogP contribution in [0.4, 0.5) is 0 Å². The molecule has 1 aliphatic carbocycles. The zero-order chi connectivity index (χ0) is 16.8. The van der Waals surface area contributed by atoms with Crippen LogP contribution >= 0.6 is 11.8 Å². The maximum Gasteiger partial charge on any atom is 0.221 e. The molecule has 1 heterocycles. The summed E-state index contributed by atoms with van der Waals surface area (Å²) in [4.78, 5) is 16.6. The molecule has 0 bridgehead atoms. The van der Waals surface area contributed by atoms with Crippen LogP contribution in [0.5, 0.6) is 0 Å². The molecule has 2 aromatic rings. The first-order chi connectivity index (χ1) is 11.7. The van der Waals surface area contributed by atoms with Crippen molar-refractivity contribution in [3.8, 4) is 0 Å². The molecular weight excluding hydrogens is 320 g/mol. The number of aromatic amines is 1. The monoisotopic (exact) mass is 344 g/mol. The molecule has 1 amide bonds. The van der Waals surface area contributed by atoms with Crippen LogP contribution in [0.1, 0.15) is 62.4 Å². The SMILES string of the molecule is C[C@H](NC(=O)CCSc1n[nH]c(C2CCCC2)n1)c1ccccc1. The van der Waals surface area contributed by atoms with Crippen molar-refractivity contribution >= 4 is 17.7 Å². The Morgan fingerprint density at radius 2 is 2.08 bits per heavy atom. The number of nitrogens with one attached hydrogen (secondary N) is 2. The van der Waals surface area contributed by atoms with E-state index < -0.39 is 0 Å². The largest absolute Gasteiger partial charge is 0.350 e. The highest BCUT2D eigenvalue weighted by molar-refractivity contribution is 7.99. The number of amides is 1. The zero-order valence-electron chi connectivity index (χ0n) is 14.0. The molecule has 1 aliphatic rings. The lowest BCUT2D eigenvalue weighted by molar-refractivity contribution is -0.121. The van der Waals surface area contributed by atoms with Crippen molar-refractivity contribution < 1.29 is 4.79 Å². The number of H-pyrrole nitrogens is 1. The van der Waals surface area contributed by atoms with Crippen LogP contribution in [-0.2, 0) is 4.79 Å². The summed E-state index contributed by atoms with van der Waals surface area (Å²) < 4.78 is 0. The summed E-state index contributed by atoms with van der Waals surface area (Å²) in [5.74, 6) is 2.30. The summed E-state index contributed by atoms with van der Waals surface area (Å²) in [5.41, 5.74) is 1.12. The summed E-state index contributed by atoms with van der Waals surface area (Å²) in [5, 5.41) is 11.1. The molecule has 5 nitrogen and oxygen atoms in total. The fourth-order valence-electron chi connectivity index (χ4n) is 3.08. The minimum Gasteiger partial charge on any atom is -0.350 e. The Morgan fingerprint density at radius 1 is 1.33 bits per heavy atom. The highest BCUT2D eigenvalue weighted by Gasteiger charge is 2.20. The van der Waals surface area contributed by atoms with Crippen molar-refractivity contribution in [2.45, 2.75) is 56.1 Å². The van der Waals surface area contributed by atoms with Crippen molar-refractivity contribution in [3.63, 3.8) is 0 Å². The molecule has 1 aromatic heterocycles. The summed E-state index contributed by atoms with van der Waals surface area (Å²) in [6.45, 7) is 2.00. The van der Waals surface area contributed by atoms with Gasteiger partial charge in [-0.15, -0.1) is 5.10 Å². The maximum atomic E-state index is 12.1. The third-order valence-corrected chi connectivity index (χ3v) is 5.31.